The van der Waals surface area contributed by atoms with Gasteiger partial charge in [-0.25, -0.2) is 9.67 Å². The molecule has 4 aromatic rings. The molecule has 1 amide bonds. The van der Waals surface area contributed by atoms with Crippen molar-refractivity contribution in [3.05, 3.63) is 65.0 Å². The zero-order valence-corrected chi connectivity index (χ0v) is 18.8. The Morgan fingerprint density at radius 2 is 2.03 bits per heavy atom. The number of para-hydroxylation sites is 1. The van der Waals surface area contributed by atoms with Crippen molar-refractivity contribution in [1.29, 1.82) is 0 Å². The number of fused-ring (bicyclic) bond motifs is 1. The van der Waals surface area contributed by atoms with Crippen molar-refractivity contribution in [2.75, 3.05) is 11.9 Å². The number of hydrogen-bond donors (Lipinski definition) is 2. The van der Waals surface area contributed by atoms with Crippen LogP contribution in [0.15, 0.2) is 63.7 Å². The number of carbonyl (C=O) groups is 1. The van der Waals surface area contributed by atoms with Gasteiger partial charge in [0.2, 0.25) is 5.91 Å². The van der Waals surface area contributed by atoms with Crippen LogP contribution in [-0.2, 0) is 4.79 Å². The quantitative estimate of drug-likeness (QED) is 0.377. The molecule has 0 spiro atoms. The molecule has 31 heavy (non-hydrogen) atoms. The van der Waals surface area contributed by atoms with Crippen LogP contribution >= 0.6 is 23.1 Å². The van der Waals surface area contributed by atoms with Crippen LogP contribution in [-0.4, -0.2) is 32.5 Å². The van der Waals surface area contributed by atoms with Gasteiger partial charge in [-0.2, -0.15) is 0 Å². The summed E-state index contributed by atoms with van der Waals surface area (Å²) in [6, 6.07) is 16.4. The molecule has 0 aliphatic rings. The van der Waals surface area contributed by atoms with Gasteiger partial charge in [-0.3, -0.25) is 14.7 Å². The summed E-state index contributed by atoms with van der Waals surface area (Å²) >= 11 is 2.96. The summed E-state index contributed by atoms with van der Waals surface area (Å²) in [4.78, 5) is 29.8. The molecule has 2 aromatic carbocycles. The lowest BCUT2D eigenvalue weighted by Crippen LogP contribution is -2.24. The smallest absolute Gasteiger partial charge is 0.273 e. The van der Waals surface area contributed by atoms with E-state index in [-0.39, 0.29) is 16.7 Å². The van der Waals surface area contributed by atoms with Crippen molar-refractivity contribution < 1.29 is 9.53 Å². The number of rotatable bonds is 8. The first-order valence-electron chi connectivity index (χ1n) is 9.95. The highest BCUT2D eigenvalue weighted by Crippen LogP contribution is 2.35. The summed E-state index contributed by atoms with van der Waals surface area (Å²) in [6.07, 6.45) is 0.625. The molecule has 4 rings (SSSR count). The van der Waals surface area contributed by atoms with E-state index < -0.39 is 0 Å². The predicted octanol–water partition coefficient (Wildman–Crippen LogP) is 4.68. The van der Waals surface area contributed by atoms with E-state index in [9.17, 15) is 9.59 Å². The lowest BCUT2D eigenvalue weighted by atomic mass is 10.3. The lowest BCUT2D eigenvalue weighted by molar-refractivity contribution is -0.115. The van der Waals surface area contributed by atoms with Crippen molar-refractivity contribution in [2.45, 2.75) is 29.9 Å². The third kappa shape index (κ3) is 4.83. The van der Waals surface area contributed by atoms with Crippen LogP contribution in [0.3, 0.4) is 0 Å². The predicted molar refractivity (Wildman–Crippen MR) is 126 cm³/mol. The molecular weight excluding hydrogens is 432 g/mol. The van der Waals surface area contributed by atoms with Gasteiger partial charge in [0.05, 0.1) is 27.8 Å². The Hall–Kier alpha value is -3.04. The second-order valence-electron chi connectivity index (χ2n) is 6.73. The van der Waals surface area contributed by atoms with Crippen LogP contribution in [0.5, 0.6) is 5.75 Å². The molecule has 160 valence electrons. The third-order valence-corrected chi connectivity index (χ3v) is 7.03. The maximum absolute atomic E-state index is 12.9. The number of H-pyrrole nitrogens is 1. The lowest BCUT2D eigenvalue weighted by Gasteiger charge is -2.12. The van der Waals surface area contributed by atoms with Crippen LogP contribution in [0, 0.1) is 0 Å². The Bertz CT molecular complexity index is 1250. The molecule has 0 aliphatic heterocycles. The number of amides is 1. The van der Waals surface area contributed by atoms with Crippen molar-refractivity contribution in [1.82, 2.24) is 14.8 Å². The van der Waals surface area contributed by atoms with Crippen LogP contribution in [0.1, 0.15) is 20.3 Å². The van der Waals surface area contributed by atoms with Gasteiger partial charge in [-0.15, -0.1) is 11.3 Å². The number of carbonyl (C=O) groups excluding carboxylic acids is 1. The first-order valence-corrected chi connectivity index (χ1v) is 11.7. The summed E-state index contributed by atoms with van der Waals surface area (Å²) in [5, 5.41) is 5.43. The molecule has 0 bridgehead atoms. The number of nitrogens with zero attached hydrogens (tertiary/aromatic N) is 2. The van der Waals surface area contributed by atoms with Gasteiger partial charge < -0.3 is 10.1 Å². The second-order valence-corrected chi connectivity index (χ2v) is 9.21. The number of aromatic amines is 1. The number of benzene rings is 2. The molecule has 2 N–H and O–H groups in total. The van der Waals surface area contributed by atoms with Gasteiger partial charge in [0.15, 0.2) is 4.34 Å². The van der Waals surface area contributed by atoms with E-state index in [0.717, 1.165) is 20.3 Å². The van der Waals surface area contributed by atoms with Gasteiger partial charge in [-0.1, -0.05) is 36.9 Å². The van der Waals surface area contributed by atoms with Crippen LogP contribution in [0.25, 0.3) is 15.9 Å². The molecule has 0 radical (unpaired) electrons. The Morgan fingerprint density at radius 3 is 2.77 bits per heavy atom. The normalized spacial score (nSPS) is 12.1. The SMILES string of the molecule is CCOc1ccc2nc(SC(CC)C(=O)Nc3cc(=O)n(-c4ccccc4)[nH]3)sc2c1. The maximum atomic E-state index is 12.9. The summed E-state index contributed by atoms with van der Waals surface area (Å²) in [5.74, 6) is 0.999. The minimum Gasteiger partial charge on any atom is -0.494 e. The van der Waals surface area contributed by atoms with Crippen molar-refractivity contribution >= 4 is 45.0 Å². The van der Waals surface area contributed by atoms with E-state index >= 15 is 0 Å². The molecular formula is C22H22N4O3S2. The van der Waals surface area contributed by atoms with Gasteiger partial charge >= 0.3 is 0 Å². The number of thioether (sulfide) groups is 1. The van der Waals surface area contributed by atoms with Crippen LogP contribution in [0.2, 0.25) is 0 Å². The standard InChI is InChI=1S/C22H22N4O3S2/c1-3-17(30-22-23-16-11-10-15(29-4-2)12-18(16)31-22)21(28)24-19-13-20(27)26(25-19)14-8-6-5-7-9-14/h5-13,17,25H,3-4H2,1-2H3,(H,24,28). The molecule has 0 aliphatic carbocycles. The van der Waals surface area contributed by atoms with Crippen molar-refractivity contribution in [3.8, 4) is 11.4 Å². The summed E-state index contributed by atoms with van der Waals surface area (Å²) in [7, 11) is 0. The number of thiazole rings is 1. The molecule has 0 saturated heterocycles. The highest BCUT2D eigenvalue weighted by Gasteiger charge is 2.21. The molecule has 2 aromatic heterocycles. The zero-order valence-electron chi connectivity index (χ0n) is 17.1. The van der Waals surface area contributed by atoms with Crippen LogP contribution < -0.4 is 15.6 Å². The highest BCUT2D eigenvalue weighted by atomic mass is 32.2. The molecule has 0 fully saturated rings. The van der Waals surface area contributed by atoms with Crippen molar-refractivity contribution in [3.63, 3.8) is 0 Å². The van der Waals surface area contributed by atoms with E-state index in [4.69, 9.17) is 4.74 Å². The summed E-state index contributed by atoms with van der Waals surface area (Å²) in [6.45, 7) is 4.51. The fourth-order valence-corrected chi connectivity index (χ4v) is 5.34. The van der Waals surface area contributed by atoms with Gasteiger partial charge in [0, 0.05) is 6.07 Å². The second kappa shape index (κ2) is 9.40. The molecule has 1 atom stereocenters. The Balaban J connectivity index is 1.48. The average Bonchev–Trinajstić information content (AvgIpc) is 3.34. The largest absolute Gasteiger partial charge is 0.494 e. The summed E-state index contributed by atoms with van der Waals surface area (Å²) in [5.41, 5.74) is 1.35. The molecule has 1 unspecified atom stereocenters. The highest BCUT2D eigenvalue weighted by molar-refractivity contribution is 8.02. The number of nitrogens with one attached hydrogen (secondary N) is 2. The van der Waals surface area contributed by atoms with E-state index in [1.807, 2.05) is 62.4 Å². The van der Waals surface area contributed by atoms with E-state index in [2.05, 4.69) is 15.4 Å². The molecule has 7 nitrogen and oxygen atoms in total. The Kier molecular flexibility index (Phi) is 6.43. The molecule has 0 saturated carbocycles. The number of ether oxygens (including phenoxy) is 1. The van der Waals surface area contributed by atoms with Gasteiger partial charge in [-0.05, 0) is 43.7 Å². The zero-order chi connectivity index (χ0) is 21.8. The fourth-order valence-electron chi connectivity index (χ4n) is 3.08. The van der Waals surface area contributed by atoms with Crippen LogP contribution in [0.4, 0.5) is 5.82 Å². The van der Waals surface area contributed by atoms with E-state index in [1.54, 1.807) is 0 Å². The molecule has 9 heteroatoms. The third-order valence-electron chi connectivity index (χ3n) is 4.55. The first-order chi connectivity index (χ1) is 15.1. The topological polar surface area (TPSA) is 89.0 Å². The minimum absolute atomic E-state index is 0.178. The number of aromatic nitrogens is 3. The fraction of sp³-hybridized carbons (Fsp3) is 0.227. The van der Waals surface area contributed by atoms with Gasteiger partial charge in [0.1, 0.15) is 11.6 Å². The maximum Gasteiger partial charge on any atom is 0.273 e. The Morgan fingerprint density at radius 1 is 1.23 bits per heavy atom. The number of anilines is 1. The van der Waals surface area contributed by atoms with Crippen molar-refractivity contribution in [2.24, 2.45) is 0 Å². The number of hydrogen-bond acceptors (Lipinski definition) is 6. The monoisotopic (exact) mass is 454 g/mol. The molecule has 2 heterocycles. The average molecular weight is 455 g/mol. The Labute approximate surface area is 187 Å². The first kappa shape index (κ1) is 21.2. The van der Waals surface area contributed by atoms with E-state index in [0.29, 0.717) is 24.5 Å². The summed E-state index contributed by atoms with van der Waals surface area (Å²) < 4.78 is 8.79. The minimum atomic E-state index is -0.337. The van der Waals surface area contributed by atoms with Gasteiger partial charge in [0.25, 0.3) is 5.56 Å². The van der Waals surface area contributed by atoms with E-state index in [1.165, 1.54) is 33.8 Å².